The van der Waals surface area contributed by atoms with Crippen molar-refractivity contribution in [3.8, 4) is 5.88 Å². The summed E-state index contributed by atoms with van der Waals surface area (Å²) in [6.07, 6.45) is 0. The topological polar surface area (TPSA) is 56.7 Å². The number of anilines is 1. The molecule has 6 heteroatoms. The molecule has 1 saturated heterocycles. The lowest BCUT2D eigenvalue weighted by atomic mass is 10.4. The predicted octanol–water partition coefficient (Wildman–Crippen LogP) is 0.647. The molecule has 1 aromatic heterocycles. The Bertz CT molecular complexity index is 381. The highest BCUT2D eigenvalue weighted by Crippen LogP contribution is 2.16. The third kappa shape index (κ3) is 3.54. The van der Waals surface area contributed by atoms with Gasteiger partial charge in [-0.2, -0.15) is 4.98 Å². The predicted molar refractivity (Wildman–Crippen MR) is 67.2 cm³/mol. The zero-order valence-corrected chi connectivity index (χ0v) is 10.9. The molecule has 2 rings (SSSR count). The molecule has 0 bridgehead atoms. The fraction of sp³-hybridized carbons (Fsp3) is 0.667. The fourth-order valence-corrected chi connectivity index (χ4v) is 1.73. The van der Waals surface area contributed by atoms with Crippen LogP contribution in [0.1, 0.15) is 5.69 Å². The number of hydrogen-bond donors (Lipinski definition) is 0. The number of aromatic nitrogens is 2. The minimum Gasteiger partial charge on any atom is -0.475 e. The van der Waals surface area contributed by atoms with Crippen molar-refractivity contribution >= 4 is 5.95 Å². The molecule has 1 aliphatic heterocycles. The van der Waals surface area contributed by atoms with Crippen molar-refractivity contribution in [1.82, 2.24) is 9.97 Å². The van der Waals surface area contributed by atoms with E-state index in [0.717, 1.165) is 32.0 Å². The summed E-state index contributed by atoms with van der Waals surface area (Å²) in [6, 6.07) is 1.83. The molecule has 0 radical (unpaired) electrons. The van der Waals surface area contributed by atoms with Gasteiger partial charge in [0.2, 0.25) is 11.8 Å². The van der Waals surface area contributed by atoms with E-state index in [4.69, 9.17) is 14.2 Å². The van der Waals surface area contributed by atoms with E-state index in [2.05, 4.69) is 14.9 Å². The van der Waals surface area contributed by atoms with Gasteiger partial charge in [0.05, 0.1) is 19.8 Å². The van der Waals surface area contributed by atoms with Crippen LogP contribution in [0.4, 0.5) is 5.95 Å². The number of hydrogen-bond acceptors (Lipinski definition) is 6. The molecule has 2 heterocycles. The normalized spacial score (nSPS) is 15.8. The van der Waals surface area contributed by atoms with Crippen LogP contribution in [0.15, 0.2) is 6.07 Å². The second-order valence-corrected chi connectivity index (χ2v) is 4.09. The maximum Gasteiger partial charge on any atom is 0.229 e. The van der Waals surface area contributed by atoms with Crippen molar-refractivity contribution in [3.05, 3.63) is 11.8 Å². The van der Waals surface area contributed by atoms with Crippen molar-refractivity contribution in [3.63, 3.8) is 0 Å². The summed E-state index contributed by atoms with van der Waals surface area (Å²) in [4.78, 5) is 11.0. The third-order valence-corrected chi connectivity index (χ3v) is 2.65. The van der Waals surface area contributed by atoms with Crippen molar-refractivity contribution in [1.29, 1.82) is 0 Å². The minimum absolute atomic E-state index is 0.496. The number of rotatable bonds is 5. The van der Waals surface area contributed by atoms with E-state index < -0.39 is 0 Å². The summed E-state index contributed by atoms with van der Waals surface area (Å²) in [5, 5.41) is 0. The first-order chi connectivity index (χ1) is 8.79. The molecule has 0 spiro atoms. The first kappa shape index (κ1) is 13.0. The fourth-order valence-electron chi connectivity index (χ4n) is 1.73. The lowest BCUT2D eigenvalue weighted by Crippen LogP contribution is -2.37. The van der Waals surface area contributed by atoms with E-state index in [9.17, 15) is 0 Å². The molecule has 0 aromatic carbocycles. The van der Waals surface area contributed by atoms with Crippen molar-refractivity contribution in [2.24, 2.45) is 0 Å². The summed E-state index contributed by atoms with van der Waals surface area (Å²) in [7, 11) is 1.65. The van der Waals surface area contributed by atoms with Crippen molar-refractivity contribution in [2.45, 2.75) is 6.92 Å². The van der Waals surface area contributed by atoms with Crippen LogP contribution in [0.2, 0.25) is 0 Å². The quantitative estimate of drug-likeness (QED) is 0.718. The molecule has 0 N–H and O–H groups in total. The Kier molecular flexibility index (Phi) is 4.72. The largest absolute Gasteiger partial charge is 0.475 e. The Morgan fingerprint density at radius 1 is 1.28 bits per heavy atom. The molecule has 0 saturated carbocycles. The maximum atomic E-state index is 5.52. The first-order valence-electron chi connectivity index (χ1n) is 6.09. The minimum atomic E-state index is 0.496. The Morgan fingerprint density at radius 3 is 2.78 bits per heavy atom. The van der Waals surface area contributed by atoms with Gasteiger partial charge in [0.15, 0.2) is 0 Å². The van der Waals surface area contributed by atoms with Crippen LogP contribution < -0.4 is 9.64 Å². The monoisotopic (exact) mass is 253 g/mol. The second kappa shape index (κ2) is 6.51. The molecule has 0 atom stereocenters. The van der Waals surface area contributed by atoms with Gasteiger partial charge in [0.25, 0.3) is 0 Å². The Hall–Kier alpha value is -1.40. The van der Waals surface area contributed by atoms with E-state index in [-0.39, 0.29) is 0 Å². The lowest BCUT2D eigenvalue weighted by Gasteiger charge is -2.27. The lowest BCUT2D eigenvalue weighted by molar-refractivity contribution is 0.121. The molecule has 100 valence electrons. The van der Waals surface area contributed by atoms with Crippen LogP contribution in [0, 0.1) is 6.92 Å². The van der Waals surface area contributed by atoms with Crippen LogP contribution in [0.3, 0.4) is 0 Å². The molecule has 18 heavy (non-hydrogen) atoms. The summed E-state index contributed by atoms with van der Waals surface area (Å²) in [6.45, 7) is 6.07. The van der Waals surface area contributed by atoms with Crippen molar-refractivity contribution < 1.29 is 14.2 Å². The molecule has 6 nitrogen and oxygen atoms in total. The van der Waals surface area contributed by atoms with E-state index in [0.29, 0.717) is 25.0 Å². The summed E-state index contributed by atoms with van der Waals surface area (Å²) >= 11 is 0. The number of morpholine rings is 1. The number of aryl methyl sites for hydroxylation is 1. The summed E-state index contributed by atoms with van der Waals surface area (Å²) in [5.41, 5.74) is 0.902. The van der Waals surface area contributed by atoms with Crippen LogP contribution in [-0.4, -0.2) is 56.6 Å². The highest BCUT2D eigenvalue weighted by atomic mass is 16.5. The molecule has 1 fully saturated rings. The zero-order valence-electron chi connectivity index (χ0n) is 10.9. The average Bonchev–Trinajstić information content (AvgIpc) is 2.39. The van der Waals surface area contributed by atoms with Crippen LogP contribution >= 0.6 is 0 Å². The standard InChI is InChI=1S/C12H19N3O3/c1-10-9-11(18-8-7-16-2)14-12(13-10)15-3-5-17-6-4-15/h9H,3-8H2,1-2H3. The molecule has 0 unspecified atom stereocenters. The number of ether oxygens (including phenoxy) is 3. The Morgan fingerprint density at radius 2 is 2.06 bits per heavy atom. The highest BCUT2D eigenvalue weighted by molar-refractivity contribution is 5.34. The van der Waals surface area contributed by atoms with Gasteiger partial charge in [-0.15, -0.1) is 0 Å². The SMILES string of the molecule is COCCOc1cc(C)nc(N2CCOCC2)n1. The summed E-state index contributed by atoms with van der Waals surface area (Å²) in [5.74, 6) is 1.31. The van der Waals surface area contributed by atoms with Gasteiger partial charge in [-0.05, 0) is 6.92 Å². The van der Waals surface area contributed by atoms with Gasteiger partial charge in [-0.25, -0.2) is 4.98 Å². The van der Waals surface area contributed by atoms with E-state index in [1.807, 2.05) is 13.0 Å². The van der Waals surface area contributed by atoms with Gasteiger partial charge in [0, 0.05) is 32.0 Å². The van der Waals surface area contributed by atoms with Gasteiger partial charge < -0.3 is 19.1 Å². The molecular weight excluding hydrogens is 234 g/mol. The van der Waals surface area contributed by atoms with Gasteiger partial charge in [0.1, 0.15) is 6.61 Å². The highest BCUT2D eigenvalue weighted by Gasteiger charge is 2.15. The average molecular weight is 253 g/mol. The smallest absolute Gasteiger partial charge is 0.229 e. The van der Waals surface area contributed by atoms with Crippen LogP contribution in [0.25, 0.3) is 0 Å². The molecule has 1 aliphatic rings. The van der Waals surface area contributed by atoms with E-state index in [1.54, 1.807) is 7.11 Å². The van der Waals surface area contributed by atoms with Crippen LogP contribution in [-0.2, 0) is 9.47 Å². The Labute approximate surface area is 107 Å². The van der Waals surface area contributed by atoms with Crippen molar-refractivity contribution in [2.75, 3.05) is 51.5 Å². The Balaban J connectivity index is 2.05. The first-order valence-corrected chi connectivity index (χ1v) is 6.09. The second-order valence-electron chi connectivity index (χ2n) is 4.09. The van der Waals surface area contributed by atoms with Gasteiger partial charge in [-0.3, -0.25) is 0 Å². The zero-order chi connectivity index (χ0) is 12.8. The van der Waals surface area contributed by atoms with Crippen LogP contribution in [0.5, 0.6) is 5.88 Å². The van der Waals surface area contributed by atoms with E-state index in [1.165, 1.54) is 0 Å². The van der Waals surface area contributed by atoms with Gasteiger partial charge >= 0.3 is 0 Å². The number of methoxy groups -OCH3 is 1. The molecular formula is C12H19N3O3. The maximum absolute atomic E-state index is 5.52. The number of nitrogens with zero attached hydrogens (tertiary/aromatic N) is 3. The molecule has 0 aliphatic carbocycles. The molecule has 1 aromatic rings. The third-order valence-electron chi connectivity index (χ3n) is 2.65. The van der Waals surface area contributed by atoms with Gasteiger partial charge in [-0.1, -0.05) is 0 Å². The van der Waals surface area contributed by atoms with E-state index >= 15 is 0 Å². The summed E-state index contributed by atoms with van der Waals surface area (Å²) < 4.78 is 15.8. The molecule has 0 amide bonds.